The van der Waals surface area contributed by atoms with Crippen molar-refractivity contribution in [1.82, 2.24) is 5.32 Å². The van der Waals surface area contributed by atoms with Gasteiger partial charge in [0, 0.05) is 23.1 Å². The molecular formula is C22H23BrClNO. The summed E-state index contributed by atoms with van der Waals surface area (Å²) in [4.78, 5) is 0. The smallest absolute Gasteiger partial charge is 0.124 e. The lowest BCUT2D eigenvalue weighted by atomic mass is 10.1. The molecule has 4 heteroatoms. The molecule has 0 saturated carbocycles. The Bertz CT molecular complexity index is 806. The fourth-order valence-corrected chi connectivity index (χ4v) is 3.02. The Morgan fingerprint density at radius 1 is 0.846 bits per heavy atom. The van der Waals surface area contributed by atoms with E-state index in [9.17, 15) is 0 Å². The van der Waals surface area contributed by atoms with E-state index in [1.807, 2.05) is 18.2 Å². The van der Waals surface area contributed by atoms with E-state index in [1.165, 1.54) is 16.7 Å². The van der Waals surface area contributed by atoms with Gasteiger partial charge in [0.05, 0.1) is 0 Å². The highest BCUT2D eigenvalue weighted by atomic mass is 79.9. The summed E-state index contributed by atoms with van der Waals surface area (Å²) in [6.45, 7) is 4.27. The third-order valence-electron chi connectivity index (χ3n) is 4.02. The highest BCUT2D eigenvalue weighted by Gasteiger charge is 2.05. The van der Waals surface area contributed by atoms with Gasteiger partial charge >= 0.3 is 0 Å². The van der Waals surface area contributed by atoms with Gasteiger partial charge in [-0.05, 0) is 36.2 Å². The molecule has 0 unspecified atom stereocenters. The molecule has 0 aliphatic heterocycles. The molecule has 0 saturated heterocycles. The molecular weight excluding hydrogens is 410 g/mol. The zero-order valence-electron chi connectivity index (χ0n) is 14.7. The number of benzene rings is 3. The molecule has 0 amide bonds. The molecule has 0 aromatic heterocycles. The molecule has 0 fully saturated rings. The summed E-state index contributed by atoms with van der Waals surface area (Å²) in [6, 6.07) is 25.0. The van der Waals surface area contributed by atoms with Crippen LogP contribution in [0, 0.1) is 6.92 Å². The predicted molar refractivity (Wildman–Crippen MR) is 114 cm³/mol. The molecule has 3 aromatic rings. The van der Waals surface area contributed by atoms with Crippen LogP contribution in [-0.4, -0.2) is 0 Å². The van der Waals surface area contributed by atoms with Gasteiger partial charge in [-0.25, -0.2) is 0 Å². The number of halogens is 2. The van der Waals surface area contributed by atoms with E-state index in [4.69, 9.17) is 4.74 Å². The molecule has 0 radical (unpaired) electrons. The van der Waals surface area contributed by atoms with Gasteiger partial charge in [-0.2, -0.15) is 0 Å². The van der Waals surface area contributed by atoms with E-state index >= 15 is 0 Å². The van der Waals surface area contributed by atoms with Crippen LogP contribution in [0.2, 0.25) is 0 Å². The van der Waals surface area contributed by atoms with E-state index in [1.54, 1.807) is 0 Å². The zero-order valence-corrected chi connectivity index (χ0v) is 17.1. The summed E-state index contributed by atoms with van der Waals surface area (Å²) >= 11 is 3.55. The molecule has 0 bridgehead atoms. The molecule has 0 atom stereocenters. The van der Waals surface area contributed by atoms with E-state index in [-0.39, 0.29) is 12.4 Å². The first-order chi connectivity index (χ1) is 12.2. The van der Waals surface area contributed by atoms with Gasteiger partial charge in [-0.1, -0.05) is 76.1 Å². The van der Waals surface area contributed by atoms with E-state index in [0.29, 0.717) is 6.61 Å². The van der Waals surface area contributed by atoms with Crippen molar-refractivity contribution < 1.29 is 4.74 Å². The van der Waals surface area contributed by atoms with Crippen molar-refractivity contribution in [2.75, 3.05) is 0 Å². The van der Waals surface area contributed by atoms with Crippen molar-refractivity contribution in [3.63, 3.8) is 0 Å². The molecule has 0 heterocycles. The first kappa shape index (κ1) is 20.5. The van der Waals surface area contributed by atoms with E-state index in [2.05, 4.69) is 82.8 Å². The number of rotatable bonds is 7. The second-order valence-corrected chi connectivity index (χ2v) is 7.03. The monoisotopic (exact) mass is 431 g/mol. The van der Waals surface area contributed by atoms with Crippen molar-refractivity contribution in [3.8, 4) is 5.75 Å². The molecule has 0 aliphatic carbocycles. The first-order valence-electron chi connectivity index (χ1n) is 8.42. The number of ether oxygens (including phenoxy) is 1. The third-order valence-corrected chi connectivity index (χ3v) is 4.52. The second-order valence-electron chi connectivity index (χ2n) is 6.12. The Labute approximate surface area is 170 Å². The van der Waals surface area contributed by atoms with Crippen molar-refractivity contribution in [2.45, 2.75) is 26.6 Å². The van der Waals surface area contributed by atoms with Crippen molar-refractivity contribution >= 4 is 28.3 Å². The summed E-state index contributed by atoms with van der Waals surface area (Å²) < 4.78 is 7.12. The largest absolute Gasteiger partial charge is 0.489 e. The first-order valence-corrected chi connectivity index (χ1v) is 9.21. The van der Waals surface area contributed by atoms with Crippen molar-refractivity contribution in [2.24, 2.45) is 0 Å². The van der Waals surface area contributed by atoms with Gasteiger partial charge in [0.1, 0.15) is 12.4 Å². The van der Waals surface area contributed by atoms with Crippen LogP contribution in [0.15, 0.2) is 77.3 Å². The second kappa shape index (κ2) is 10.4. The van der Waals surface area contributed by atoms with E-state index < -0.39 is 0 Å². The summed E-state index contributed by atoms with van der Waals surface area (Å²) in [6.07, 6.45) is 0. The summed E-state index contributed by atoms with van der Waals surface area (Å²) in [5, 5.41) is 3.49. The summed E-state index contributed by atoms with van der Waals surface area (Å²) in [5.41, 5.74) is 4.87. The van der Waals surface area contributed by atoms with Crippen LogP contribution in [0.5, 0.6) is 5.75 Å². The predicted octanol–water partition coefficient (Wildman–Crippen LogP) is 6.05. The summed E-state index contributed by atoms with van der Waals surface area (Å²) in [7, 11) is 0. The Kier molecular flexibility index (Phi) is 8.17. The molecule has 26 heavy (non-hydrogen) atoms. The molecule has 3 aromatic carbocycles. The molecule has 0 aliphatic rings. The molecule has 136 valence electrons. The Morgan fingerprint density at radius 2 is 1.58 bits per heavy atom. The standard InChI is InChI=1S/C22H22BrNO.ClH/c1-17-7-9-19(10-8-17)16-25-22-12-11-21(23)13-20(22)15-24-14-18-5-3-2-4-6-18;/h2-13,24H,14-16H2,1H3;1H. The van der Waals surface area contributed by atoms with Crippen LogP contribution in [-0.2, 0) is 19.7 Å². The van der Waals surface area contributed by atoms with Gasteiger partial charge in [0.15, 0.2) is 0 Å². The van der Waals surface area contributed by atoms with Crippen LogP contribution in [0.25, 0.3) is 0 Å². The Morgan fingerprint density at radius 3 is 2.31 bits per heavy atom. The maximum atomic E-state index is 6.06. The minimum atomic E-state index is 0. The number of hydrogen-bond acceptors (Lipinski definition) is 2. The fourth-order valence-electron chi connectivity index (χ4n) is 2.61. The maximum Gasteiger partial charge on any atom is 0.124 e. The topological polar surface area (TPSA) is 21.3 Å². The number of hydrogen-bond donors (Lipinski definition) is 1. The molecule has 2 nitrogen and oxygen atoms in total. The average Bonchev–Trinajstić information content (AvgIpc) is 2.63. The minimum absolute atomic E-state index is 0. The third kappa shape index (κ3) is 6.17. The van der Waals surface area contributed by atoms with Crippen LogP contribution in [0.3, 0.4) is 0 Å². The Hall–Kier alpha value is -1.81. The van der Waals surface area contributed by atoms with Crippen molar-refractivity contribution in [3.05, 3.63) is 99.5 Å². The average molecular weight is 433 g/mol. The van der Waals surface area contributed by atoms with Gasteiger partial charge in [0.25, 0.3) is 0 Å². The summed E-state index contributed by atoms with van der Waals surface area (Å²) in [5.74, 6) is 0.921. The molecule has 1 N–H and O–H groups in total. The molecule has 3 rings (SSSR count). The lowest BCUT2D eigenvalue weighted by Crippen LogP contribution is -2.13. The Balaban J connectivity index is 0.00000243. The lowest BCUT2D eigenvalue weighted by Gasteiger charge is -2.13. The van der Waals surface area contributed by atoms with Crippen molar-refractivity contribution in [1.29, 1.82) is 0 Å². The van der Waals surface area contributed by atoms with Gasteiger partial charge in [-0.3, -0.25) is 0 Å². The normalized spacial score (nSPS) is 10.2. The van der Waals surface area contributed by atoms with Crippen LogP contribution in [0.4, 0.5) is 0 Å². The molecule has 0 spiro atoms. The van der Waals surface area contributed by atoms with Gasteiger partial charge in [-0.15, -0.1) is 12.4 Å². The van der Waals surface area contributed by atoms with Gasteiger partial charge in [0.2, 0.25) is 0 Å². The number of nitrogens with one attached hydrogen (secondary N) is 1. The number of aryl methyl sites for hydroxylation is 1. The highest BCUT2D eigenvalue weighted by Crippen LogP contribution is 2.24. The fraction of sp³-hybridized carbons (Fsp3) is 0.182. The maximum absolute atomic E-state index is 6.06. The quantitative estimate of drug-likeness (QED) is 0.491. The lowest BCUT2D eigenvalue weighted by molar-refractivity contribution is 0.302. The van der Waals surface area contributed by atoms with Gasteiger partial charge < -0.3 is 10.1 Å². The van der Waals surface area contributed by atoms with Crippen LogP contribution in [0.1, 0.15) is 22.3 Å². The SMILES string of the molecule is Cc1ccc(COc2ccc(Br)cc2CNCc2ccccc2)cc1.Cl. The van der Waals surface area contributed by atoms with Crippen LogP contribution < -0.4 is 10.1 Å². The highest BCUT2D eigenvalue weighted by molar-refractivity contribution is 9.10. The van der Waals surface area contributed by atoms with Crippen LogP contribution >= 0.6 is 28.3 Å². The zero-order chi connectivity index (χ0) is 17.5. The van der Waals surface area contributed by atoms with E-state index in [0.717, 1.165) is 28.9 Å². The minimum Gasteiger partial charge on any atom is -0.489 e.